The van der Waals surface area contributed by atoms with E-state index in [2.05, 4.69) is 32.5 Å². The molecule has 0 N–H and O–H groups in total. The Morgan fingerprint density at radius 1 is 1.33 bits per heavy atom. The Labute approximate surface area is 95.6 Å². The van der Waals surface area contributed by atoms with E-state index >= 15 is 0 Å². The number of methoxy groups -OCH3 is 1. The minimum Gasteiger partial charge on any atom is -0.459 e. The molecule has 0 bridgehead atoms. The summed E-state index contributed by atoms with van der Waals surface area (Å²) in [5.41, 5.74) is 0.431. The van der Waals surface area contributed by atoms with Crippen LogP contribution in [0.3, 0.4) is 0 Å². The maximum atomic E-state index is 11.4. The topological polar surface area (TPSA) is 43.4 Å². The van der Waals surface area contributed by atoms with Crippen LogP contribution in [-0.4, -0.2) is 18.9 Å². The monoisotopic (exact) mass is 266 g/mol. The Bertz CT molecular complexity index is 454. The molecule has 0 radical (unpaired) electrons. The Hall–Kier alpha value is -1.60. The number of carbonyl (C=O) groups is 2. The second kappa shape index (κ2) is 5.32. The smallest absolute Gasteiger partial charge is 0.384 e. The first-order valence-corrected chi connectivity index (χ1v) is 4.82. The number of carbonyl (C=O) groups excluding carboxylic acids is 2. The van der Waals surface area contributed by atoms with Crippen molar-refractivity contribution in [3.8, 4) is 11.8 Å². The van der Waals surface area contributed by atoms with E-state index in [0.717, 1.165) is 4.47 Å². The Kier molecular flexibility index (Phi) is 4.07. The van der Waals surface area contributed by atoms with Gasteiger partial charge in [0.1, 0.15) is 0 Å². The average Bonchev–Trinajstić information content (AvgIpc) is 2.25. The van der Waals surface area contributed by atoms with E-state index in [0.29, 0.717) is 5.56 Å². The second-order valence-electron chi connectivity index (χ2n) is 2.58. The first-order valence-electron chi connectivity index (χ1n) is 4.03. The number of ether oxygens (including phenoxy) is 1. The maximum absolute atomic E-state index is 11.4. The molecule has 0 atom stereocenters. The molecule has 0 aromatic heterocycles. The second-order valence-corrected chi connectivity index (χ2v) is 3.50. The van der Waals surface area contributed by atoms with Crippen LogP contribution in [-0.2, 0) is 9.53 Å². The van der Waals surface area contributed by atoms with Crippen LogP contribution in [0.15, 0.2) is 28.7 Å². The van der Waals surface area contributed by atoms with Gasteiger partial charge in [-0.2, -0.15) is 0 Å². The summed E-state index contributed by atoms with van der Waals surface area (Å²) >= 11 is 3.23. The van der Waals surface area contributed by atoms with Crippen molar-refractivity contribution in [1.29, 1.82) is 0 Å². The van der Waals surface area contributed by atoms with Gasteiger partial charge in [-0.25, -0.2) is 4.79 Å². The summed E-state index contributed by atoms with van der Waals surface area (Å²) in [6.07, 6.45) is 0. The lowest BCUT2D eigenvalue weighted by molar-refractivity contribution is -0.133. The van der Waals surface area contributed by atoms with Gasteiger partial charge in [-0.15, -0.1) is 0 Å². The molecule has 0 saturated heterocycles. The van der Waals surface area contributed by atoms with Gasteiger partial charge in [0.15, 0.2) is 0 Å². The van der Waals surface area contributed by atoms with Gasteiger partial charge in [-0.1, -0.05) is 28.1 Å². The van der Waals surface area contributed by atoms with E-state index in [1.807, 2.05) is 0 Å². The fourth-order valence-corrected chi connectivity index (χ4v) is 1.26. The summed E-state index contributed by atoms with van der Waals surface area (Å²) in [7, 11) is 1.21. The summed E-state index contributed by atoms with van der Waals surface area (Å²) in [5.74, 6) is 3.13. The normalized spacial score (nSPS) is 8.67. The molecule has 0 amide bonds. The van der Waals surface area contributed by atoms with Gasteiger partial charge in [0, 0.05) is 16.0 Å². The number of hydrogen-bond donors (Lipinski definition) is 0. The molecule has 3 nitrogen and oxygen atoms in total. The summed E-state index contributed by atoms with van der Waals surface area (Å²) < 4.78 is 5.07. The molecular weight excluding hydrogens is 260 g/mol. The summed E-state index contributed by atoms with van der Waals surface area (Å²) in [5, 5.41) is 0. The molecule has 4 heteroatoms. The number of Topliss-reactive ketones (excluding diaryl/α,β-unsaturated/α-hetero) is 1. The summed E-state index contributed by atoms with van der Waals surface area (Å²) in [6.45, 7) is 0. The molecule has 0 saturated carbocycles. The zero-order valence-corrected chi connectivity index (χ0v) is 9.50. The SMILES string of the molecule is COC(=O)C#CC(=O)c1cccc(Br)c1. The molecule has 15 heavy (non-hydrogen) atoms. The molecule has 0 aliphatic heterocycles. The predicted octanol–water partition coefficient (Wildman–Crippen LogP) is 1.81. The fraction of sp³-hybridized carbons (Fsp3) is 0.0909. The summed E-state index contributed by atoms with van der Waals surface area (Å²) in [4.78, 5) is 22.1. The number of hydrogen-bond acceptors (Lipinski definition) is 3. The quantitative estimate of drug-likeness (QED) is 0.256. The zero-order valence-electron chi connectivity index (χ0n) is 7.91. The predicted molar refractivity (Wildman–Crippen MR) is 58.3 cm³/mol. The third-order valence-electron chi connectivity index (χ3n) is 1.55. The zero-order chi connectivity index (χ0) is 11.3. The highest BCUT2D eigenvalue weighted by molar-refractivity contribution is 9.10. The standard InChI is InChI=1S/C11H7BrO3/c1-15-11(14)6-5-10(13)8-3-2-4-9(12)7-8/h2-4,7H,1H3. The molecule has 1 aromatic rings. The van der Waals surface area contributed by atoms with Gasteiger partial charge in [0.05, 0.1) is 7.11 Å². The lowest BCUT2D eigenvalue weighted by atomic mass is 10.1. The van der Waals surface area contributed by atoms with Crippen LogP contribution >= 0.6 is 15.9 Å². The number of benzene rings is 1. The average molecular weight is 267 g/mol. The third kappa shape index (κ3) is 3.56. The highest BCUT2D eigenvalue weighted by atomic mass is 79.9. The van der Waals surface area contributed by atoms with E-state index in [9.17, 15) is 9.59 Å². The number of rotatable bonds is 1. The first kappa shape index (κ1) is 11.5. The summed E-state index contributed by atoms with van der Waals surface area (Å²) in [6, 6.07) is 6.77. The van der Waals surface area contributed by atoms with Gasteiger partial charge in [0.2, 0.25) is 5.78 Å². The fourth-order valence-electron chi connectivity index (χ4n) is 0.861. The van der Waals surface area contributed by atoms with E-state index in [-0.39, 0.29) is 0 Å². The van der Waals surface area contributed by atoms with Crippen molar-refractivity contribution in [3.05, 3.63) is 34.3 Å². The number of halogens is 1. The van der Waals surface area contributed by atoms with Crippen LogP contribution in [0, 0.1) is 11.8 Å². The lowest BCUT2D eigenvalue weighted by Gasteiger charge is -1.93. The van der Waals surface area contributed by atoms with Gasteiger partial charge in [0.25, 0.3) is 0 Å². The molecule has 76 valence electrons. The minimum absolute atomic E-state index is 0.415. The van der Waals surface area contributed by atoms with Crippen molar-refractivity contribution < 1.29 is 14.3 Å². The van der Waals surface area contributed by atoms with Crippen LogP contribution in [0.5, 0.6) is 0 Å². The highest BCUT2D eigenvalue weighted by Crippen LogP contribution is 2.11. The van der Waals surface area contributed by atoms with Crippen LogP contribution in [0.2, 0.25) is 0 Å². The van der Waals surface area contributed by atoms with Crippen molar-refractivity contribution in [2.75, 3.05) is 7.11 Å². The highest BCUT2D eigenvalue weighted by Gasteiger charge is 2.02. The molecule has 0 aliphatic rings. The first-order chi connectivity index (χ1) is 7.13. The lowest BCUT2D eigenvalue weighted by Crippen LogP contribution is -1.99. The molecule has 0 unspecified atom stereocenters. The van der Waals surface area contributed by atoms with E-state index < -0.39 is 11.8 Å². The van der Waals surface area contributed by atoms with Crippen LogP contribution < -0.4 is 0 Å². The molecule has 1 aromatic carbocycles. The Morgan fingerprint density at radius 2 is 2.07 bits per heavy atom. The number of esters is 1. The van der Waals surface area contributed by atoms with Gasteiger partial charge < -0.3 is 4.74 Å². The Morgan fingerprint density at radius 3 is 2.67 bits per heavy atom. The van der Waals surface area contributed by atoms with Crippen molar-refractivity contribution in [2.45, 2.75) is 0 Å². The molecular formula is C11H7BrO3. The van der Waals surface area contributed by atoms with Gasteiger partial charge in [-0.3, -0.25) is 4.79 Å². The van der Waals surface area contributed by atoms with Crippen molar-refractivity contribution in [2.24, 2.45) is 0 Å². The van der Waals surface area contributed by atoms with Crippen molar-refractivity contribution in [1.82, 2.24) is 0 Å². The molecule has 0 heterocycles. The largest absolute Gasteiger partial charge is 0.459 e. The molecule has 0 spiro atoms. The number of ketones is 1. The molecule has 0 aliphatic carbocycles. The van der Waals surface area contributed by atoms with E-state index in [1.165, 1.54) is 7.11 Å². The molecule has 1 rings (SSSR count). The van der Waals surface area contributed by atoms with Crippen LogP contribution in [0.1, 0.15) is 10.4 Å². The van der Waals surface area contributed by atoms with Crippen molar-refractivity contribution in [3.63, 3.8) is 0 Å². The Balaban J connectivity index is 2.85. The maximum Gasteiger partial charge on any atom is 0.384 e. The van der Waals surface area contributed by atoms with Crippen LogP contribution in [0.25, 0.3) is 0 Å². The van der Waals surface area contributed by atoms with E-state index in [4.69, 9.17) is 0 Å². The molecule has 0 fully saturated rings. The van der Waals surface area contributed by atoms with E-state index in [1.54, 1.807) is 24.3 Å². The van der Waals surface area contributed by atoms with Crippen LogP contribution in [0.4, 0.5) is 0 Å². The minimum atomic E-state index is -0.724. The van der Waals surface area contributed by atoms with Gasteiger partial charge in [-0.05, 0) is 18.1 Å². The van der Waals surface area contributed by atoms with Crippen molar-refractivity contribution >= 4 is 27.7 Å². The third-order valence-corrected chi connectivity index (χ3v) is 2.04. The van der Waals surface area contributed by atoms with Gasteiger partial charge >= 0.3 is 5.97 Å².